The molecule has 0 atom stereocenters. The molecule has 1 aliphatic rings. The summed E-state index contributed by atoms with van der Waals surface area (Å²) in [4.78, 5) is 2.49. The second-order valence-corrected chi connectivity index (χ2v) is 7.22. The van der Waals surface area contributed by atoms with Crippen LogP contribution in [0.1, 0.15) is 43.4 Å². The topological polar surface area (TPSA) is 39.7 Å². The van der Waals surface area contributed by atoms with E-state index >= 15 is 0 Å². The number of anilines is 2. The largest absolute Gasteiger partial charge is 0.371 e. The van der Waals surface area contributed by atoms with E-state index in [1.807, 2.05) is 24.4 Å². The second kappa shape index (κ2) is 9.51. The number of aryl methyl sites for hydroxylation is 2. The van der Waals surface area contributed by atoms with E-state index < -0.39 is 0 Å². The number of fused-ring (bicyclic) bond motifs is 1. The van der Waals surface area contributed by atoms with Gasteiger partial charge in [0.25, 0.3) is 0 Å². The van der Waals surface area contributed by atoms with Crippen LogP contribution < -0.4 is 15.6 Å². The van der Waals surface area contributed by atoms with Gasteiger partial charge in [-0.3, -0.25) is 5.43 Å². The molecule has 0 unspecified atom stereocenters. The van der Waals surface area contributed by atoms with Crippen molar-refractivity contribution < 1.29 is 0 Å². The monoisotopic (exact) mass is 380 g/mol. The maximum absolute atomic E-state index is 5.36. The fourth-order valence-corrected chi connectivity index (χ4v) is 3.71. The van der Waals surface area contributed by atoms with Gasteiger partial charge in [0.05, 0.1) is 6.21 Å². The molecular formula is C22H28N4S. The molecule has 0 aliphatic carbocycles. The number of hydrazone groups is 1. The van der Waals surface area contributed by atoms with Crippen LogP contribution in [0, 0.1) is 0 Å². The lowest BCUT2D eigenvalue weighted by Crippen LogP contribution is -2.30. The number of thiocarbonyl (C=S) groups is 1. The number of benzene rings is 2. The molecule has 4 nitrogen and oxygen atoms in total. The van der Waals surface area contributed by atoms with Gasteiger partial charge in [-0.1, -0.05) is 38.1 Å². The van der Waals surface area contributed by atoms with Crippen molar-refractivity contribution in [3.05, 3.63) is 59.2 Å². The van der Waals surface area contributed by atoms with E-state index in [1.165, 1.54) is 29.7 Å². The molecule has 0 bridgehead atoms. The maximum Gasteiger partial charge on any atom is 0.191 e. The van der Waals surface area contributed by atoms with Crippen molar-refractivity contribution in [2.24, 2.45) is 5.10 Å². The highest BCUT2D eigenvalue weighted by atomic mass is 32.1. The van der Waals surface area contributed by atoms with Crippen LogP contribution in [-0.2, 0) is 12.8 Å². The van der Waals surface area contributed by atoms with Gasteiger partial charge in [-0.25, -0.2) is 0 Å². The molecule has 0 amide bonds. The third-order valence-electron chi connectivity index (χ3n) is 4.84. The summed E-state index contributed by atoms with van der Waals surface area (Å²) in [6, 6.07) is 14.8. The number of hydrogen-bond donors (Lipinski definition) is 2. The maximum atomic E-state index is 5.36. The van der Waals surface area contributed by atoms with E-state index in [4.69, 9.17) is 12.2 Å². The Hall–Kier alpha value is -2.40. The van der Waals surface area contributed by atoms with Crippen molar-refractivity contribution >= 4 is 34.9 Å². The molecule has 142 valence electrons. The minimum Gasteiger partial charge on any atom is -0.371 e. The molecule has 1 aliphatic heterocycles. The molecule has 2 aromatic rings. The molecule has 0 radical (unpaired) electrons. The standard InChI is InChI=1S/C22H28N4S/c1-3-13-26-14-7-9-19-15-17(11-12-21(19)26)16-23-25-22(27)24-20-10-6-5-8-18(20)4-2/h5-6,8,10-12,15-16H,3-4,7,9,13-14H2,1-2H3,(H2,24,25,27)/b23-16+. The van der Waals surface area contributed by atoms with E-state index in [-0.39, 0.29) is 0 Å². The van der Waals surface area contributed by atoms with Crippen molar-refractivity contribution in [3.8, 4) is 0 Å². The van der Waals surface area contributed by atoms with E-state index in [2.05, 4.69) is 58.9 Å². The minimum absolute atomic E-state index is 0.499. The highest BCUT2D eigenvalue weighted by molar-refractivity contribution is 7.80. The summed E-state index contributed by atoms with van der Waals surface area (Å²) in [5, 5.41) is 8.02. The highest BCUT2D eigenvalue weighted by Gasteiger charge is 2.15. The molecule has 0 fully saturated rings. The Kier molecular flexibility index (Phi) is 6.82. The molecule has 3 rings (SSSR count). The molecule has 1 heterocycles. The predicted molar refractivity (Wildman–Crippen MR) is 120 cm³/mol. The van der Waals surface area contributed by atoms with E-state index in [0.29, 0.717) is 5.11 Å². The van der Waals surface area contributed by atoms with Crippen LogP contribution in [-0.4, -0.2) is 24.4 Å². The zero-order chi connectivity index (χ0) is 19.1. The lowest BCUT2D eigenvalue weighted by Gasteiger charge is -2.31. The van der Waals surface area contributed by atoms with Gasteiger partial charge in [0.15, 0.2) is 5.11 Å². The summed E-state index contributed by atoms with van der Waals surface area (Å²) >= 11 is 5.36. The number of para-hydroxylation sites is 1. The van der Waals surface area contributed by atoms with Crippen LogP contribution in [0.5, 0.6) is 0 Å². The first kappa shape index (κ1) is 19.4. The summed E-state index contributed by atoms with van der Waals surface area (Å²) in [6.45, 7) is 6.65. The van der Waals surface area contributed by atoms with Crippen molar-refractivity contribution in [1.82, 2.24) is 5.43 Å². The fourth-order valence-electron chi connectivity index (χ4n) is 3.54. The number of nitrogens with one attached hydrogen (secondary N) is 2. The fraction of sp³-hybridized carbons (Fsp3) is 0.364. The van der Waals surface area contributed by atoms with Gasteiger partial charge in [0, 0.05) is 24.5 Å². The van der Waals surface area contributed by atoms with Gasteiger partial charge in [-0.15, -0.1) is 0 Å². The van der Waals surface area contributed by atoms with E-state index in [0.717, 1.165) is 37.2 Å². The summed E-state index contributed by atoms with van der Waals surface area (Å²) in [6.07, 6.45) is 6.32. The molecule has 0 saturated heterocycles. The Morgan fingerprint density at radius 1 is 1.22 bits per heavy atom. The summed E-state index contributed by atoms with van der Waals surface area (Å²) < 4.78 is 0. The van der Waals surface area contributed by atoms with Crippen molar-refractivity contribution in [2.45, 2.75) is 39.5 Å². The van der Waals surface area contributed by atoms with E-state index in [1.54, 1.807) is 0 Å². The molecule has 5 heteroatoms. The lowest BCUT2D eigenvalue weighted by atomic mass is 9.99. The Morgan fingerprint density at radius 2 is 2.07 bits per heavy atom. The Morgan fingerprint density at radius 3 is 2.89 bits per heavy atom. The van der Waals surface area contributed by atoms with Gasteiger partial charge in [-0.05, 0) is 72.8 Å². The molecule has 0 saturated carbocycles. The first-order valence-corrected chi connectivity index (χ1v) is 10.2. The number of nitrogens with zero attached hydrogens (tertiary/aromatic N) is 2. The normalized spacial score (nSPS) is 13.5. The first-order chi connectivity index (χ1) is 13.2. The molecule has 0 aromatic heterocycles. The molecule has 2 N–H and O–H groups in total. The number of rotatable bonds is 6. The third kappa shape index (κ3) is 5.07. The molecule has 0 spiro atoms. The van der Waals surface area contributed by atoms with Gasteiger partial charge >= 0.3 is 0 Å². The van der Waals surface area contributed by atoms with Crippen LogP contribution in [0.2, 0.25) is 0 Å². The van der Waals surface area contributed by atoms with E-state index in [9.17, 15) is 0 Å². The quantitative estimate of drug-likeness (QED) is 0.432. The summed E-state index contributed by atoms with van der Waals surface area (Å²) in [5.41, 5.74) is 9.06. The predicted octanol–water partition coefficient (Wildman–Crippen LogP) is 4.73. The van der Waals surface area contributed by atoms with Gasteiger partial charge in [-0.2, -0.15) is 5.10 Å². The Balaban J connectivity index is 1.60. The van der Waals surface area contributed by atoms with Crippen molar-refractivity contribution in [1.29, 1.82) is 0 Å². The van der Waals surface area contributed by atoms with Crippen LogP contribution in [0.3, 0.4) is 0 Å². The number of hydrogen-bond acceptors (Lipinski definition) is 3. The van der Waals surface area contributed by atoms with Gasteiger partial charge in [0.2, 0.25) is 0 Å². The van der Waals surface area contributed by atoms with Crippen LogP contribution in [0.4, 0.5) is 11.4 Å². The lowest BCUT2D eigenvalue weighted by molar-refractivity contribution is 0.681. The average molecular weight is 381 g/mol. The Labute approximate surface area is 167 Å². The molecular weight excluding hydrogens is 352 g/mol. The zero-order valence-electron chi connectivity index (χ0n) is 16.2. The van der Waals surface area contributed by atoms with Gasteiger partial charge < -0.3 is 10.2 Å². The van der Waals surface area contributed by atoms with Crippen LogP contribution >= 0.6 is 12.2 Å². The van der Waals surface area contributed by atoms with Crippen molar-refractivity contribution in [2.75, 3.05) is 23.3 Å². The average Bonchev–Trinajstić information content (AvgIpc) is 2.69. The highest BCUT2D eigenvalue weighted by Crippen LogP contribution is 2.27. The molecule has 27 heavy (non-hydrogen) atoms. The zero-order valence-corrected chi connectivity index (χ0v) is 17.0. The van der Waals surface area contributed by atoms with Crippen LogP contribution in [0.25, 0.3) is 0 Å². The first-order valence-electron chi connectivity index (χ1n) is 9.77. The van der Waals surface area contributed by atoms with Crippen LogP contribution in [0.15, 0.2) is 47.6 Å². The van der Waals surface area contributed by atoms with Crippen molar-refractivity contribution in [3.63, 3.8) is 0 Å². The SMILES string of the molecule is CCCN1CCCc2cc(/C=N/NC(=S)Nc3ccccc3CC)ccc21. The Bertz CT molecular complexity index is 816. The second-order valence-electron chi connectivity index (χ2n) is 6.81. The summed E-state index contributed by atoms with van der Waals surface area (Å²) in [7, 11) is 0. The molecule has 2 aromatic carbocycles. The minimum atomic E-state index is 0.499. The third-order valence-corrected chi connectivity index (χ3v) is 5.03. The van der Waals surface area contributed by atoms with Gasteiger partial charge in [0.1, 0.15) is 0 Å². The smallest absolute Gasteiger partial charge is 0.191 e. The summed E-state index contributed by atoms with van der Waals surface area (Å²) in [5.74, 6) is 0.